The summed E-state index contributed by atoms with van der Waals surface area (Å²) in [6.07, 6.45) is 0. The lowest BCUT2D eigenvalue weighted by Crippen LogP contribution is -2.39. The smallest absolute Gasteiger partial charge is 0.357 e. The second-order valence-corrected chi connectivity index (χ2v) is 6.51. The van der Waals surface area contributed by atoms with Crippen LogP contribution in [0.5, 0.6) is 5.75 Å². The average Bonchev–Trinajstić information content (AvgIpc) is 3.07. The molecule has 0 saturated heterocycles. The molecule has 0 spiro atoms. The molecule has 0 atom stereocenters. The molecule has 1 heterocycles. The number of rotatable bonds is 8. The maximum absolute atomic E-state index is 12.5. The Hall–Kier alpha value is -2.41. The van der Waals surface area contributed by atoms with Crippen LogP contribution in [0.25, 0.3) is 0 Å². The van der Waals surface area contributed by atoms with Crippen LogP contribution in [-0.4, -0.2) is 41.0 Å². The van der Waals surface area contributed by atoms with E-state index in [0.29, 0.717) is 23.9 Å². The summed E-state index contributed by atoms with van der Waals surface area (Å²) in [7, 11) is 0. The zero-order chi connectivity index (χ0) is 18.2. The molecule has 0 bridgehead atoms. The fourth-order valence-corrected chi connectivity index (χ4v) is 2.89. The predicted octanol–water partition coefficient (Wildman–Crippen LogP) is 3.14. The molecule has 6 nitrogen and oxygen atoms in total. The van der Waals surface area contributed by atoms with Gasteiger partial charge in [0.05, 0.1) is 13.2 Å². The Balaban J connectivity index is 1.98. The van der Waals surface area contributed by atoms with E-state index in [2.05, 4.69) is 4.98 Å². The summed E-state index contributed by atoms with van der Waals surface area (Å²) >= 11 is 1.33. The molecule has 0 aliphatic carbocycles. The maximum atomic E-state index is 12.5. The van der Waals surface area contributed by atoms with Crippen molar-refractivity contribution in [2.24, 2.45) is 0 Å². The molecule has 2 rings (SSSR count). The van der Waals surface area contributed by atoms with Gasteiger partial charge in [0.25, 0.3) is 5.91 Å². The van der Waals surface area contributed by atoms with E-state index in [1.807, 2.05) is 32.0 Å². The molecule has 2 aromatic rings. The Morgan fingerprint density at radius 2 is 1.96 bits per heavy atom. The molecule has 7 heteroatoms. The lowest BCUT2D eigenvalue weighted by Gasteiger charge is -2.25. The number of carbonyl (C=O) groups is 2. The van der Waals surface area contributed by atoms with Gasteiger partial charge in [-0.2, -0.15) is 0 Å². The second-order valence-electron chi connectivity index (χ2n) is 5.56. The van der Waals surface area contributed by atoms with Crippen LogP contribution in [0, 0.1) is 0 Å². The zero-order valence-corrected chi connectivity index (χ0v) is 15.4. The lowest BCUT2D eigenvalue weighted by molar-refractivity contribution is -0.135. The van der Waals surface area contributed by atoms with Crippen molar-refractivity contribution in [1.29, 1.82) is 0 Å². The van der Waals surface area contributed by atoms with Crippen LogP contribution in [0.1, 0.15) is 36.3 Å². The first kappa shape index (κ1) is 18.9. The van der Waals surface area contributed by atoms with Crippen molar-refractivity contribution in [3.8, 4) is 5.75 Å². The van der Waals surface area contributed by atoms with Crippen molar-refractivity contribution in [2.75, 3.05) is 13.2 Å². The van der Waals surface area contributed by atoms with E-state index >= 15 is 0 Å². The SMILES string of the molecule is CCOC(=O)c1csc(CN(C(=O)COc2ccccc2)C(C)C)n1. The van der Waals surface area contributed by atoms with Gasteiger partial charge in [-0.3, -0.25) is 4.79 Å². The number of nitrogens with zero attached hydrogens (tertiary/aromatic N) is 2. The number of esters is 1. The summed E-state index contributed by atoms with van der Waals surface area (Å²) in [5.41, 5.74) is 0.276. The van der Waals surface area contributed by atoms with Gasteiger partial charge >= 0.3 is 5.97 Å². The summed E-state index contributed by atoms with van der Waals surface area (Å²) in [5, 5.41) is 2.33. The van der Waals surface area contributed by atoms with Crippen molar-refractivity contribution >= 4 is 23.2 Å². The highest BCUT2D eigenvalue weighted by Crippen LogP contribution is 2.16. The van der Waals surface area contributed by atoms with E-state index in [1.165, 1.54) is 11.3 Å². The molecular formula is C18H22N2O4S. The van der Waals surface area contributed by atoms with Crippen LogP contribution < -0.4 is 4.74 Å². The largest absolute Gasteiger partial charge is 0.484 e. The molecule has 1 aromatic heterocycles. The third kappa shape index (κ3) is 5.56. The topological polar surface area (TPSA) is 68.7 Å². The molecule has 0 fully saturated rings. The highest BCUT2D eigenvalue weighted by atomic mass is 32.1. The molecule has 0 aliphatic rings. The minimum absolute atomic E-state index is 0.0122. The highest BCUT2D eigenvalue weighted by molar-refractivity contribution is 7.09. The molecule has 0 N–H and O–H groups in total. The van der Waals surface area contributed by atoms with E-state index in [0.717, 1.165) is 0 Å². The number of thiazole rings is 1. The number of aromatic nitrogens is 1. The third-order valence-electron chi connectivity index (χ3n) is 3.39. The average molecular weight is 362 g/mol. The van der Waals surface area contributed by atoms with Gasteiger partial charge in [0, 0.05) is 11.4 Å². The summed E-state index contributed by atoms with van der Waals surface area (Å²) in [5.74, 6) is 0.0741. The van der Waals surface area contributed by atoms with Crippen molar-refractivity contribution < 1.29 is 19.1 Å². The monoisotopic (exact) mass is 362 g/mol. The standard InChI is InChI=1S/C18H22N2O4S/c1-4-23-18(22)15-12-25-16(19-15)10-20(13(2)3)17(21)11-24-14-8-6-5-7-9-14/h5-9,12-13H,4,10-11H2,1-3H3. The van der Waals surface area contributed by atoms with Gasteiger partial charge in [0.15, 0.2) is 12.3 Å². The molecule has 0 saturated carbocycles. The van der Waals surface area contributed by atoms with Gasteiger partial charge in [0.1, 0.15) is 10.8 Å². The third-order valence-corrected chi connectivity index (χ3v) is 4.22. The van der Waals surface area contributed by atoms with E-state index in [-0.39, 0.29) is 24.2 Å². The Bertz CT molecular complexity index is 700. The number of benzene rings is 1. The van der Waals surface area contributed by atoms with Gasteiger partial charge < -0.3 is 14.4 Å². The van der Waals surface area contributed by atoms with E-state index in [4.69, 9.17) is 9.47 Å². The van der Waals surface area contributed by atoms with Crippen molar-refractivity contribution in [1.82, 2.24) is 9.88 Å². The second kappa shape index (κ2) is 9.17. The first-order valence-electron chi connectivity index (χ1n) is 8.10. The number of amides is 1. The molecule has 0 radical (unpaired) electrons. The van der Waals surface area contributed by atoms with Gasteiger partial charge in [-0.25, -0.2) is 9.78 Å². The van der Waals surface area contributed by atoms with Crippen molar-refractivity contribution in [3.63, 3.8) is 0 Å². The number of para-hydroxylation sites is 1. The Labute approximate surface area is 151 Å². The highest BCUT2D eigenvalue weighted by Gasteiger charge is 2.20. The van der Waals surface area contributed by atoms with Crippen LogP contribution in [0.15, 0.2) is 35.7 Å². The quantitative estimate of drug-likeness (QED) is 0.675. The van der Waals surface area contributed by atoms with Gasteiger partial charge in [-0.05, 0) is 32.9 Å². The summed E-state index contributed by atoms with van der Waals surface area (Å²) in [6.45, 7) is 6.20. The van der Waals surface area contributed by atoms with E-state index < -0.39 is 5.97 Å². The summed E-state index contributed by atoms with van der Waals surface area (Å²) in [4.78, 5) is 30.1. The fourth-order valence-electron chi connectivity index (χ4n) is 2.13. The van der Waals surface area contributed by atoms with Gasteiger partial charge in [0.2, 0.25) is 0 Å². The van der Waals surface area contributed by atoms with Crippen molar-refractivity contribution in [2.45, 2.75) is 33.4 Å². The molecule has 134 valence electrons. The minimum Gasteiger partial charge on any atom is -0.484 e. The normalized spacial score (nSPS) is 10.6. The number of hydrogen-bond donors (Lipinski definition) is 0. The Kier molecular flexibility index (Phi) is 6.94. The number of hydrogen-bond acceptors (Lipinski definition) is 6. The first-order valence-corrected chi connectivity index (χ1v) is 8.98. The van der Waals surface area contributed by atoms with E-state index in [1.54, 1.807) is 29.3 Å². The summed E-state index contributed by atoms with van der Waals surface area (Å²) in [6, 6.07) is 9.19. The molecule has 0 aliphatic heterocycles. The first-order chi connectivity index (χ1) is 12.0. The molecule has 1 amide bonds. The van der Waals surface area contributed by atoms with Gasteiger partial charge in [-0.1, -0.05) is 18.2 Å². The van der Waals surface area contributed by atoms with Crippen LogP contribution in [0.4, 0.5) is 0 Å². The fraction of sp³-hybridized carbons (Fsp3) is 0.389. The molecule has 1 aromatic carbocycles. The van der Waals surface area contributed by atoms with E-state index in [9.17, 15) is 9.59 Å². The number of carbonyl (C=O) groups excluding carboxylic acids is 2. The molecule has 0 unspecified atom stereocenters. The minimum atomic E-state index is -0.445. The predicted molar refractivity (Wildman–Crippen MR) is 95.7 cm³/mol. The van der Waals surface area contributed by atoms with Crippen molar-refractivity contribution in [3.05, 3.63) is 46.4 Å². The van der Waals surface area contributed by atoms with Crippen LogP contribution >= 0.6 is 11.3 Å². The van der Waals surface area contributed by atoms with Gasteiger partial charge in [-0.15, -0.1) is 11.3 Å². The molecular weight excluding hydrogens is 340 g/mol. The van der Waals surface area contributed by atoms with Crippen LogP contribution in [0.3, 0.4) is 0 Å². The van der Waals surface area contributed by atoms with Crippen LogP contribution in [0.2, 0.25) is 0 Å². The molecule has 25 heavy (non-hydrogen) atoms. The zero-order valence-electron chi connectivity index (χ0n) is 14.6. The Morgan fingerprint density at radius 1 is 1.24 bits per heavy atom. The summed E-state index contributed by atoms with van der Waals surface area (Å²) < 4.78 is 10.5. The van der Waals surface area contributed by atoms with Crippen LogP contribution in [-0.2, 0) is 16.1 Å². The lowest BCUT2D eigenvalue weighted by atomic mass is 10.3. The Morgan fingerprint density at radius 3 is 2.60 bits per heavy atom. The number of ether oxygens (including phenoxy) is 2. The maximum Gasteiger partial charge on any atom is 0.357 e.